The van der Waals surface area contributed by atoms with Crippen LogP contribution in [-0.4, -0.2) is 49.3 Å². The second-order valence-corrected chi connectivity index (χ2v) is 5.43. The van der Waals surface area contributed by atoms with Crippen molar-refractivity contribution in [1.82, 2.24) is 4.90 Å². The molecule has 1 saturated heterocycles. The van der Waals surface area contributed by atoms with Crippen molar-refractivity contribution in [2.24, 2.45) is 0 Å². The molecule has 0 aromatic heterocycles. The maximum absolute atomic E-state index is 11.9. The van der Waals surface area contributed by atoms with Crippen LogP contribution in [0.15, 0.2) is 24.3 Å². The highest BCUT2D eigenvalue weighted by Gasteiger charge is 2.24. The van der Waals surface area contributed by atoms with Crippen LogP contribution in [0.1, 0.15) is 6.92 Å². The van der Waals surface area contributed by atoms with Gasteiger partial charge in [0.2, 0.25) is 5.91 Å². The predicted octanol–water partition coefficient (Wildman–Crippen LogP) is 1.66. The molecule has 19 heavy (non-hydrogen) atoms. The minimum atomic E-state index is -0.224. The molecular formula is C14H20N2O2S. The Hall–Kier alpha value is -1.36. The van der Waals surface area contributed by atoms with E-state index < -0.39 is 0 Å². The lowest BCUT2D eigenvalue weighted by Gasteiger charge is -2.37. The quantitative estimate of drug-likeness (QED) is 0.855. The molecule has 0 radical (unpaired) electrons. The van der Waals surface area contributed by atoms with E-state index in [-0.39, 0.29) is 11.2 Å². The molecule has 1 heterocycles. The van der Waals surface area contributed by atoms with Gasteiger partial charge in [0.25, 0.3) is 0 Å². The highest BCUT2D eigenvalue weighted by Crippen LogP contribution is 2.28. The first-order valence-electron chi connectivity index (χ1n) is 6.48. The Morgan fingerprint density at radius 3 is 2.47 bits per heavy atom. The largest absolute Gasteiger partial charge is 0.495 e. The number of piperazine rings is 1. The van der Waals surface area contributed by atoms with Crippen molar-refractivity contribution in [3.63, 3.8) is 0 Å². The third-order valence-corrected chi connectivity index (χ3v) is 3.60. The summed E-state index contributed by atoms with van der Waals surface area (Å²) in [5, 5.41) is -0.224. The van der Waals surface area contributed by atoms with Gasteiger partial charge in [-0.2, -0.15) is 12.6 Å². The summed E-state index contributed by atoms with van der Waals surface area (Å²) in [5.41, 5.74) is 1.09. The number of hydrogen-bond donors (Lipinski definition) is 1. The first-order chi connectivity index (χ1) is 9.13. The molecule has 1 amide bonds. The number of benzene rings is 1. The summed E-state index contributed by atoms with van der Waals surface area (Å²) in [7, 11) is 1.68. The molecule has 0 aliphatic carbocycles. The van der Waals surface area contributed by atoms with Gasteiger partial charge in [-0.3, -0.25) is 4.79 Å². The Morgan fingerprint density at radius 1 is 1.26 bits per heavy atom. The molecule has 104 valence electrons. The molecule has 0 saturated carbocycles. The van der Waals surface area contributed by atoms with Gasteiger partial charge >= 0.3 is 0 Å². The smallest absolute Gasteiger partial charge is 0.235 e. The Morgan fingerprint density at radius 2 is 1.89 bits per heavy atom. The van der Waals surface area contributed by atoms with Crippen molar-refractivity contribution in [2.45, 2.75) is 12.2 Å². The summed E-state index contributed by atoms with van der Waals surface area (Å²) >= 11 is 4.20. The van der Waals surface area contributed by atoms with Crippen molar-refractivity contribution in [3.05, 3.63) is 24.3 Å². The van der Waals surface area contributed by atoms with E-state index in [1.165, 1.54) is 0 Å². The zero-order valence-corrected chi connectivity index (χ0v) is 12.3. The minimum Gasteiger partial charge on any atom is -0.495 e. The molecule has 1 fully saturated rings. The maximum atomic E-state index is 11.9. The molecule has 4 nitrogen and oxygen atoms in total. The fraction of sp³-hybridized carbons (Fsp3) is 0.500. The third kappa shape index (κ3) is 3.15. The summed E-state index contributed by atoms with van der Waals surface area (Å²) < 4.78 is 5.38. The second kappa shape index (κ2) is 6.19. The zero-order chi connectivity index (χ0) is 13.8. The van der Waals surface area contributed by atoms with E-state index in [2.05, 4.69) is 23.6 Å². The van der Waals surface area contributed by atoms with Crippen LogP contribution in [0.2, 0.25) is 0 Å². The van der Waals surface area contributed by atoms with E-state index in [1.54, 1.807) is 7.11 Å². The molecular weight excluding hydrogens is 260 g/mol. The predicted molar refractivity (Wildman–Crippen MR) is 80.2 cm³/mol. The maximum Gasteiger partial charge on any atom is 0.235 e. The van der Waals surface area contributed by atoms with Crippen LogP contribution in [0.4, 0.5) is 5.69 Å². The molecule has 1 aromatic carbocycles. The second-order valence-electron chi connectivity index (χ2n) is 4.66. The lowest BCUT2D eigenvalue weighted by molar-refractivity contribution is -0.130. The van der Waals surface area contributed by atoms with Gasteiger partial charge in [-0.25, -0.2) is 0 Å². The number of hydrogen-bond acceptors (Lipinski definition) is 4. The van der Waals surface area contributed by atoms with Crippen LogP contribution in [0, 0.1) is 0 Å². The third-order valence-electron chi connectivity index (χ3n) is 3.37. The monoisotopic (exact) mass is 280 g/mol. The van der Waals surface area contributed by atoms with Gasteiger partial charge in [-0.05, 0) is 19.1 Å². The van der Waals surface area contributed by atoms with Gasteiger partial charge in [-0.15, -0.1) is 0 Å². The molecule has 2 rings (SSSR count). The molecule has 5 heteroatoms. The topological polar surface area (TPSA) is 32.8 Å². The van der Waals surface area contributed by atoms with Gasteiger partial charge in [0, 0.05) is 26.2 Å². The van der Waals surface area contributed by atoms with Crippen LogP contribution in [0.5, 0.6) is 5.75 Å². The number of thiol groups is 1. The number of amides is 1. The number of anilines is 1. The zero-order valence-electron chi connectivity index (χ0n) is 11.4. The van der Waals surface area contributed by atoms with Crippen LogP contribution in [0.3, 0.4) is 0 Å². The lowest BCUT2D eigenvalue weighted by Crippen LogP contribution is -2.50. The Labute approximate surface area is 119 Å². The number of nitrogens with zero attached hydrogens (tertiary/aromatic N) is 2. The van der Waals surface area contributed by atoms with E-state index in [1.807, 2.05) is 30.0 Å². The van der Waals surface area contributed by atoms with Crippen molar-refractivity contribution in [2.75, 3.05) is 38.2 Å². The Kier molecular flexibility index (Phi) is 4.58. The van der Waals surface area contributed by atoms with Gasteiger partial charge in [-0.1, -0.05) is 12.1 Å². The molecule has 1 aliphatic rings. The highest BCUT2D eigenvalue weighted by molar-refractivity contribution is 7.81. The first kappa shape index (κ1) is 14.1. The molecule has 0 bridgehead atoms. The summed E-state index contributed by atoms with van der Waals surface area (Å²) in [6.07, 6.45) is 0. The van der Waals surface area contributed by atoms with E-state index in [0.29, 0.717) is 0 Å². The standard InChI is InChI=1S/C14H20N2O2S/c1-11(19)14(17)16-9-7-15(8-10-16)12-5-3-4-6-13(12)18-2/h3-6,11,19H,7-10H2,1-2H3. The van der Waals surface area contributed by atoms with E-state index in [0.717, 1.165) is 37.6 Å². The normalized spacial score (nSPS) is 17.2. The van der Waals surface area contributed by atoms with Crippen LogP contribution >= 0.6 is 12.6 Å². The van der Waals surface area contributed by atoms with E-state index in [4.69, 9.17) is 4.74 Å². The SMILES string of the molecule is COc1ccccc1N1CCN(C(=O)C(C)S)CC1. The average molecular weight is 280 g/mol. The molecule has 1 atom stereocenters. The van der Waals surface area contributed by atoms with E-state index in [9.17, 15) is 4.79 Å². The number of methoxy groups -OCH3 is 1. The summed E-state index contributed by atoms with van der Waals surface area (Å²) in [6.45, 7) is 4.95. The molecule has 1 unspecified atom stereocenters. The number of ether oxygens (including phenoxy) is 1. The summed E-state index contributed by atoms with van der Waals surface area (Å²) in [6, 6.07) is 7.98. The number of carbonyl (C=O) groups is 1. The van der Waals surface area contributed by atoms with Crippen molar-refractivity contribution >= 4 is 24.2 Å². The van der Waals surface area contributed by atoms with Crippen LogP contribution in [-0.2, 0) is 4.79 Å². The number of para-hydroxylation sites is 2. The first-order valence-corrected chi connectivity index (χ1v) is 7.00. The Balaban J connectivity index is 2.02. The van der Waals surface area contributed by atoms with E-state index >= 15 is 0 Å². The fourth-order valence-corrected chi connectivity index (χ4v) is 2.49. The minimum absolute atomic E-state index is 0.114. The van der Waals surface area contributed by atoms with Crippen LogP contribution in [0.25, 0.3) is 0 Å². The molecule has 1 aliphatic heterocycles. The fourth-order valence-electron chi connectivity index (χ4n) is 2.32. The van der Waals surface area contributed by atoms with Crippen molar-refractivity contribution in [1.29, 1.82) is 0 Å². The molecule has 0 N–H and O–H groups in total. The number of rotatable bonds is 3. The Bertz CT molecular complexity index is 443. The van der Waals surface area contributed by atoms with Gasteiger partial charge < -0.3 is 14.5 Å². The summed E-state index contributed by atoms with van der Waals surface area (Å²) in [5.74, 6) is 0.993. The van der Waals surface area contributed by atoms with Gasteiger partial charge in [0.05, 0.1) is 18.0 Å². The van der Waals surface area contributed by atoms with Crippen molar-refractivity contribution in [3.8, 4) is 5.75 Å². The lowest BCUT2D eigenvalue weighted by atomic mass is 10.2. The molecule has 1 aromatic rings. The van der Waals surface area contributed by atoms with Gasteiger partial charge in [0.1, 0.15) is 5.75 Å². The average Bonchev–Trinajstić information content (AvgIpc) is 2.46. The molecule has 0 spiro atoms. The summed E-state index contributed by atoms with van der Waals surface area (Å²) in [4.78, 5) is 16.0. The van der Waals surface area contributed by atoms with Gasteiger partial charge in [0.15, 0.2) is 0 Å². The number of carbonyl (C=O) groups excluding carboxylic acids is 1. The van der Waals surface area contributed by atoms with Crippen molar-refractivity contribution < 1.29 is 9.53 Å². The van der Waals surface area contributed by atoms with Crippen LogP contribution < -0.4 is 9.64 Å². The highest BCUT2D eigenvalue weighted by atomic mass is 32.1.